The molecular weight excluding hydrogens is 236 g/mol. The quantitative estimate of drug-likeness (QED) is 0.864. The Labute approximate surface area is 114 Å². The standard InChI is InChI=1S/C16H22N2O/c1-11-13-5-3-4-6-14(13)18(2)15(11)9-17-10-16(19)12-7-8-12/h3-6,12,16-17,19H,7-10H2,1-2H3. The minimum Gasteiger partial charge on any atom is -0.392 e. The van der Waals surface area contributed by atoms with E-state index in [2.05, 4.69) is 48.1 Å². The van der Waals surface area contributed by atoms with E-state index in [9.17, 15) is 5.11 Å². The van der Waals surface area contributed by atoms with Gasteiger partial charge in [0.25, 0.3) is 0 Å². The van der Waals surface area contributed by atoms with Gasteiger partial charge in [0.1, 0.15) is 0 Å². The molecule has 0 aliphatic heterocycles. The van der Waals surface area contributed by atoms with Crippen molar-refractivity contribution in [1.29, 1.82) is 0 Å². The summed E-state index contributed by atoms with van der Waals surface area (Å²) in [6.07, 6.45) is 2.21. The molecule has 2 N–H and O–H groups in total. The van der Waals surface area contributed by atoms with Crippen molar-refractivity contribution in [3.05, 3.63) is 35.5 Å². The minimum atomic E-state index is -0.171. The Morgan fingerprint density at radius 2 is 2.11 bits per heavy atom. The normalized spacial score (nSPS) is 17.0. The van der Waals surface area contributed by atoms with Gasteiger partial charge in [-0.3, -0.25) is 0 Å². The van der Waals surface area contributed by atoms with Crippen molar-refractivity contribution < 1.29 is 5.11 Å². The number of nitrogens with zero attached hydrogens (tertiary/aromatic N) is 1. The Balaban J connectivity index is 1.73. The zero-order valence-corrected chi connectivity index (χ0v) is 11.7. The van der Waals surface area contributed by atoms with Gasteiger partial charge in [-0.25, -0.2) is 0 Å². The molecule has 1 unspecified atom stereocenters. The number of aliphatic hydroxyl groups excluding tert-OH is 1. The molecule has 19 heavy (non-hydrogen) atoms. The van der Waals surface area contributed by atoms with Gasteiger partial charge in [-0.05, 0) is 37.3 Å². The fourth-order valence-corrected chi connectivity index (χ4v) is 2.87. The molecule has 0 radical (unpaired) electrons. The third kappa shape index (κ3) is 2.40. The number of aliphatic hydroxyl groups is 1. The summed E-state index contributed by atoms with van der Waals surface area (Å²) < 4.78 is 2.25. The second-order valence-corrected chi connectivity index (χ2v) is 5.68. The van der Waals surface area contributed by atoms with Crippen LogP contribution < -0.4 is 5.32 Å². The topological polar surface area (TPSA) is 37.2 Å². The lowest BCUT2D eigenvalue weighted by atomic mass is 10.1. The van der Waals surface area contributed by atoms with Crippen LogP contribution in [0.25, 0.3) is 10.9 Å². The maximum atomic E-state index is 9.88. The number of hydrogen-bond acceptors (Lipinski definition) is 2. The van der Waals surface area contributed by atoms with Gasteiger partial charge in [0, 0.05) is 36.7 Å². The third-order valence-corrected chi connectivity index (χ3v) is 4.32. The first-order valence-corrected chi connectivity index (χ1v) is 7.10. The second kappa shape index (κ2) is 4.99. The van der Waals surface area contributed by atoms with Crippen LogP contribution >= 0.6 is 0 Å². The molecule has 102 valence electrons. The molecule has 3 heteroatoms. The van der Waals surface area contributed by atoms with E-state index in [1.54, 1.807) is 0 Å². The van der Waals surface area contributed by atoms with E-state index in [0.29, 0.717) is 12.5 Å². The molecular formula is C16H22N2O. The van der Waals surface area contributed by atoms with Crippen LogP contribution in [0.3, 0.4) is 0 Å². The summed E-state index contributed by atoms with van der Waals surface area (Å²) in [4.78, 5) is 0. The van der Waals surface area contributed by atoms with Crippen molar-refractivity contribution in [2.75, 3.05) is 6.54 Å². The zero-order valence-electron chi connectivity index (χ0n) is 11.7. The van der Waals surface area contributed by atoms with Gasteiger partial charge in [-0.1, -0.05) is 18.2 Å². The third-order valence-electron chi connectivity index (χ3n) is 4.32. The van der Waals surface area contributed by atoms with Crippen LogP contribution in [0.5, 0.6) is 0 Å². The summed E-state index contributed by atoms with van der Waals surface area (Å²) in [5.74, 6) is 0.543. The summed E-state index contributed by atoms with van der Waals surface area (Å²) in [5, 5.41) is 14.6. The van der Waals surface area contributed by atoms with E-state index in [4.69, 9.17) is 0 Å². The number of nitrogens with one attached hydrogen (secondary N) is 1. The molecule has 0 bridgehead atoms. The summed E-state index contributed by atoms with van der Waals surface area (Å²) in [7, 11) is 2.11. The van der Waals surface area contributed by atoms with Gasteiger partial charge in [-0.15, -0.1) is 0 Å². The van der Waals surface area contributed by atoms with Gasteiger partial charge in [-0.2, -0.15) is 0 Å². The van der Waals surface area contributed by atoms with E-state index >= 15 is 0 Å². The lowest BCUT2D eigenvalue weighted by molar-refractivity contribution is 0.148. The lowest BCUT2D eigenvalue weighted by Gasteiger charge is -2.12. The summed E-state index contributed by atoms with van der Waals surface area (Å²) in [6, 6.07) is 8.50. The maximum absolute atomic E-state index is 9.88. The fourth-order valence-electron chi connectivity index (χ4n) is 2.87. The molecule has 2 aromatic rings. The first kappa shape index (κ1) is 12.7. The molecule has 1 aromatic carbocycles. The predicted molar refractivity (Wildman–Crippen MR) is 78.1 cm³/mol. The SMILES string of the molecule is Cc1c(CNCC(O)C2CC2)n(C)c2ccccc12. The van der Waals surface area contributed by atoms with Crippen LogP contribution in [0, 0.1) is 12.8 Å². The molecule has 1 aliphatic rings. The maximum Gasteiger partial charge on any atom is 0.0692 e. The average Bonchev–Trinajstić information content (AvgIpc) is 3.23. The highest BCUT2D eigenvalue weighted by Gasteiger charge is 2.29. The minimum absolute atomic E-state index is 0.171. The zero-order chi connectivity index (χ0) is 13.4. The molecule has 1 aromatic heterocycles. The van der Waals surface area contributed by atoms with E-state index < -0.39 is 0 Å². The average molecular weight is 258 g/mol. The number of aryl methyl sites for hydroxylation is 2. The van der Waals surface area contributed by atoms with Crippen LogP contribution in [-0.4, -0.2) is 22.3 Å². The van der Waals surface area contributed by atoms with Crippen molar-refractivity contribution in [2.45, 2.75) is 32.4 Å². The van der Waals surface area contributed by atoms with Crippen LogP contribution in [-0.2, 0) is 13.6 Å². The van der Waals surface area contributed by atoms with Crippen LogP contribution in [0.1, 0.15) is 24.1 Å². The van der Waals surface area contributed by atoms with E-state index in [1.165, 1.54) is 35.0 Å². The number of para-hydroxylation sites is 1. The molecule has 0 amide bonds. The Morgan fingerprint density at radius 3 is 2.79 bits per heavy atom. The highest BCUT2D eigenvalue weighted by atomic mass is 16.3. The van der Waals surface area contributed by atoms with E-state index in [1.807, 2.05) is 0 Å². The molecule has 0 saturated heterocycles. The largest absolute Gasteiger partial charge is 0.392 e. The van der Waals surface area contributed by atoms with Crippen LogP contribution in [0.4, 0.5) is 0 Å². The van der Waals surface area contributed by atoms with Gasteiger partial charge in [0.15, 0.2) is 0 Å². The van der Waals surface area contributed by atoms with E-state index in [-0.39, 0.29) is 6.10 Å². The molecule has 1 atom stereocenters. The molecule has 1 aliphatic carbocycles. The smallest absolute Gasteiger partial charge is 0.0692 e. The molecule has 3 nitrogen and oxygen atoms in total. The number of benzene rings is 1. The molecule has 3 rings (SSSR count). The van der Waals surface area contributed by atoms with E-state index in [0.717, 1.165) is 6.54 Å². The monoisotopic (exact) mass is 258 g/mol. The van der Waals surface area contributed by atoms with Gasteiger partial charge in [0.05, 0.1) is 6.10 Å². The Kier molecular flexibility index (Phi) is 3.33. The van der Waals surface area contributed by atoms with Crippen molar-refractivity contribution in [3.63, 3.8) is 0 Å². The summed E-state index contributed by atoms with van der Waals surface area (Å²) in [6.45, 7) is 3.70. The number of hydrogen-bond donors (Lipinski definition) is 2. The second-order valence-electron chi connectivity index (χ2n) is 5.68. The molecule has 1 saturated carbocycles. The highest BCUT2D eigenvalue weighted by molar-refractivity contribution is 5.85. The number of rotatable bonds is 5. The van der Waals surface area contributed by atoms with Crippen LogP contribution in [0.15, 0.2) is 24.3 Å². The van der Waals surface area contributed by atoms with Crippen molar-refractivity contribution in [1.82, 2.24) is 9.88 Å². The van der Waals surface area contributed by atoms with Crippen molar-refractivity contribution >= 4 is 10.9 Å². The Bertz CT molecular complexity index is 545. The van der Waals surface area contributed by atoms with Crippen molar-refractivity contribution in [3.8, 4) is 0 Å². The van der Waals surface area contributed by atoms with Crippen molar-refractivity contribution in [2.24, 2.45) is 13.0 Å². The highest BCUT2D eigenvalue weighted by Crippen LogP contribution is 2.32. The van der Waals surface area contributed by atoms with Gasteiger partial charge < -0.3 is 15.0 Å². The number of aromatic nitrogens is 1. The summed E-state index contributed by atoms with van der Waals surface area (Å²) >= 11 is 0. The first-order valence-electron chi connectivity index (χ1n) is 7.10. The number of fused-ring (bicyclic) bond motifs is 1. The molecule has 1 heterocycles. The van der Waals surface area contributed by atoms with Crippen LogP contribution in [0.2, 0.25) is 0 Å². The Hall–Kier alpha value is -1.32. The lowest BCUT2D eigenvalue weighted by Crippen LogP contribution is -2.28. The molecule has 1 fully saturated rings. The Morgan fingerprint density at radius 1 is 1.37 bits per heavy atom. The van der Waals surface area contributed by atoms with Gasteiger partial charge in [0.2, 0.25) is 0 Å². The fraction of sp³-hybridized carbons (Fsp3) is 0.500. The summed E-state index contributed by atoms with van der Waals surface area (Å²) in [5.41, 5.74) is 3.93. The predicted octanol–water partition coefficient (Wildman–Crippen LogP) is 2.35. The molecule has 0 spiro atoms. The van der Waals surface area contributed by atoms with Gasteiger partial charge >= 0.3 is 0 Å². The first-order chi connectivity index (χ1) is 9.18.